The predicted octanol–water partition coefficient (Wildman–Crippen LogP) is 2.76. The molecule has 144 valence electrons. The number of hydrogen-bond acceptors (Lipinski definition) is 4. The molecule has 1 amide bonds. The molecule has 0 fully saturated rings. The second-order valence-electron chi connectivity index (χ2n) is 6.46. The van der Waals surface area contributed by atoms with E-state index in [2.05, 4.69) is 20.6 Å². The number of alkyl halides is 3. The normalized spacial score (nSPS) is 16.6. The second-order valence-corrected chi connectivity index (χ2v) is 6.46. The Kier molecular flexibility index (Phi) is 4.06. The molecular formula is C18H14F3N5O2. The highest BCUT2D eigenvalue weighted by atomic mass is 19.4. The van der Waals surface area contributed by atoms with Gasteiger partial charge in [-0.25, -0.2) is 5.10 Å². The van der Waals surface area contributed by atoms with E-state index in [-0.39, 0.29) is 17.9 Å². The van der Waals surface area contributed by atoms with Gasteiger partial charge in [-0.15, -0.1) is 0 Å². The van der Waals surface area contributed by atoms with Crippen molar-refractivity contribution in [2.24, 2.45) is 0 Å². The van der Waals surface area contributed by atoms with E-state index in [1.807, 2.05) is 0 Å². The van der Waals surface area contributed by atoms with E-state index in [4.69, 9.17) is 0 Å². The SMILES string of the molecule is Cc1nn(-c2ccc(=O)[nH]n2)c2c1[C@H](c1ccc(C(F)(F)F)cc1)CC(=O)N2. The van der Waals surface area contributed by atoms with Crippen molar-refractivity contribution in [2.75, 3.05) is 5.32 Å². The number of hydrogen-bond donors (Lipinski definition) is 2. The van der Waals surface area contributed by atoms with E-state index < -0.39 is 17.7 Å². The van der Waals surface area contributed by atoms with Crippen LogP contribution >= 0.6 is 0 Å². The molecule has 4 rings (SSSR count). The molecule has 3 heterocycles. The first kappa shape index (κ1) is 18.0. The maximum absolute atomic E-state index is 12.8. The Hall–Kier alpha value is -3.43. The zero-order chi connectivity index (χ0) is 20.1. The van der Waals surface area contributed by atoms with Crippen LogP contribution in [0, 0.1) is 6.92 Å². The number of aromatic nitrogens is 4. The van der Waals surface area contributed by atoms with Crippen LogP contribution in [0.1, 0.15) is 34.7 Å². The fraction of sp³-hybridized carbons (Fsp3) is 0.222. The molecule has 7 nitrogen and oxygen atoms in total. The molecule has 10 heteroatoms. The van der Waals surface area contributed by atoms with Crippen molar-refractivity contribution in [3.05, 3.63) is 69.1 Å². The van der Waals surface area contributed by atoms with Crippen LogP contribution in [0.25, 0.3) is 5.82 Å². The standard InChI is InChI=1S/C18H14F3N5O2/c1-9-16-12(10-2-4-11(5-3-10)18(19,20)21)8-15(28)22-17(16)26(25-9)13-6-7-14(27)24-23-13/h2-7,12H,8H2,1H3,(H,22,28)(H,24,27)/t12-/m0/s1. The molecule has 1 aromatic carbocycles. The quantitative estimate of drug-likeness (QED) is 0.705. The van der Waals surface area contributed by atoms with Gasteiger partial charge in [-0.05, 0) is 30.7 Å². The Bertz CT molecular complexity index is 1100. The Morgan fingerprint density at radius 3 is 2.43 bits per heavy atom. The Morgan fingerprint density at radius 1 is 1.11 bits per heavy atom. The van der Waals surface area contributed by atoms with Crippen LogP contribution in [-0.2, 0) is 11.0 Å². The van der Waals surface area contributed by atoms with Gasteiger partial charge in [0.15, 0.2) is 5.82 Å². The molecule has 0 radical (unpaired) electrons. The molecule has 1 aliphatic rings. The number of rotatable bonds is 2. The van der Waals surface area contributed by atoms with Crippen molar-refractivity contribution in [3.8, 4) is 5.82 Å². The molecule has 1 atom stereocenters. The molecule has 2 N–H and O–H groups in total. The molecule has 0 saturated heterocycles. The fourth-order valence-corrected chi connectivity index (χ4v) is 3.36. The van der Waals surface area contributed by atoms with Gasteiger partial charge < -0.3 is 5.32 Å². The summed E-state index contributed by atoms with van der Waals surface area (Å²) in [6.07, 6.45) is -4.34. The minimum atomic E-state index is -4.43. The summed E-state index contributed by atoms with van der Waals surface area (Å²) in [4.78, 5) is 23.5. The van der Waals surface area contributed by atoms with Gasteiger partial charge in [0.2, 0.25) is 5.91 Å². The number of aromatic amines is 1. The van der Waals surface area contributed by atoms with Crippen LogP contribution < -0.4 is 10.9 Å². The molecule has 0 aliphatic carbocycles. The Balaban J connectivity index is 1.80. The minimum absolute atomic E-state index is 0.0873. The zero-order valence-electron chi connectivity index (χ0n) is 14.5. The van der Waals surface area contributed by atoms with E-state index in [0.29, 0.717) is 28.5 Å². The van der Waals surface area contributed by atoms with Gasteiger partial charge >= 0.3 is 6.18 Å². The number of anilines is 1. The number of nitrogens with one attached hydrogen (secondary N) is 2. The number of fused-ring (bicyclic) bond motifs is 1. The molecule has 1 aliphatic heterocycles. The van der Waals surface area contributed by atoms with Crippen molar-refractivity contribution in [1.82, 2.24) is 20.0 Å². The highest BCUT2D eigenvalue weighted by Gasteiger charge is 2.34. The summed E-state index contributed by atoms with van der Waals surface area (Å²) in [5.74, 6) is -0.0407. The number of H-pyrrole nitrogens is 1. The first-order valence-corrected chi connectivity index (χ1v) is 8.36. The number of carbonyl (C=O) groups excluding carboxylic acids is 1. The Labute approximate surface area is 156 Å². The zero-order valence-corrected chi connectivity index (χ0v) is 14.5. The lowest BCUT2D eigenvalue weighted by atomic mass is 9.85. The van der Waals surface area contributed by atoms with E-state index in [0.717, 1.165) is 12.1 Å². The van der Waals surface area contributed by atoms with Gasteiger partial charge in [-0.3, -0.25) is 9.59 Å². The van der Waals surface area contributed by atoms with Gasteiger partial charge in [-0.1, -0.05) is 12.1 Å². The van der Waals surface area contributed by atoms with Crippen LogP contribution in [0.4, 0.5) is 19.0 Å². The van der Waals surface area contributed by atoms with Crippen molar-refractivity contribution in [2.45, 2.75) is 25.4 Å². The molecule has 0 bridgehead atoms. The van der Waals surface area contributed by atoms with E-state index >= 15 is 0 Å². The number of halogens is 3. The van der Waals surface area contributed by atoms with Gasteiger partial charge in [0.1, 0.15) is 5.82 Å². The molecule has 0 unspecified atom stereocenters. The largest absolute Gasteiger partial charge is 0.416 e. The average Bonchev–Trinajstić information content (AvgIpc) is 2.97. The van der Waals surface area contributed by atoms with Crippen molar-refractivity contribution in [1.29, 1.82) is 0 Å². The average molecular weight is 389 g/mol. The van der Waals surface area contributed by atoms with Gasteiger partial charge in [0.25, 0.3) is 5.56 Å². The predicted molar refractivity (Wildman–Crippen MR) is 93.3 cm³/mol. The molecular weight excluding hydrogens is 375 g/mol. The van der Waals surface area contributed by atoms with Crippen LogP contribution in [0.3, 0.4) is 0 Å². The summed E-state index contributed by atoms with van der Waals surface area (Å²) >= 11 is 0. The first-order valence-electron chi connectivity index (χ1n) is 8.36. The van der Waals surface area contributed by atoms with Crippen LogP contribution in [-0.4, -0.2) is 25.9 Å². The van der Waals surface area contributed by atoms with Crippen LogP contribution in [0.5, 0.6) is 0 Å². The highest BCUT2D eigenvalue weighted by Crippen LogP contribution is 2.40. The number of amides is 1. The minimum Gasteiger partial charge on any atom is -0.310 e. The second kappa shape index (κ2) is 6.32. The number of aryl methyl sites for hydroxylation is 1. The lowest BCUT2D eigenvalue weighted by Gasteiger charge is -2.24. The number of carbonyl (C=O) groups is 1. The highest BCUT2D eigenvalue weighted by molar-refractivity contribution is 5.95. The summed E-state index contributed by atoms with van der Waals surface area (Å²) in [5.41, 5.74) is 0.760. The van der Waals surface area contributed by atoms with Crippen molar-refractivity contribution in [3.63, 3.8) is 0 Å². The van der Waals surface area contributed by atoms with Crippen molar-refractivity contribution < 1.29 is 18.0 Å². The lowest BCUT2D eigenvalue weighted by Crippen LogP contribution is -2.25. The molecule has 2 aromatic heterocycles. The van der Waals surface area contributed by atoms with E-state index in [9.17, 15) is 22.8 Å². The summed E-state index contributed by atoms with van der Waals surface area (Å²) in [6, 6.07) is 7.51. The van der Waals surface area contributed by atoms with Gasteiger partial charge in [0.05, 0.1) is 11.3 Å². The van der Waals surface area contributed by atoms with Gasteiger partial charge in [-0.2, -0.15) is 28.1 Å². The topological polar surface area (TPSA) is 92.7 Å². The number of benzene rings is 1. The smallest absolute Gasteiger partial charge is 0.310 e. The summed E-state index contributed by atoms with van der Waals surface area (Å²) in [5, 5.41) is 13.4. The molecule has 0 saturated carbocycles. The van der Waals surface area contributed by atoms with Crippen LogP contribution in [0.2, 0.25) is 0 Å². The summed E-state index contributed by atoms with van der Waals surface area (Å²) < 4.78 is 39.9. The third-order valence-corrected chi connectivity index (χ3v) is 4.62. The summed E-state index contributed by atoms with van der Waals surface area (Å²) in [6.45, 7) is 1.75. The molecule has 3 aromatic rings. The van der Waals surface area contributed by atoms with E-state index in [1.54, 1.807) is 6.92 Å². The Morgan fingerprint density at radius 2 is 1.82 bits per heavy atom. The molecule has 0 spiro atoms. The first-order chi connectivity index (χ1) is 13.2. The van der Waals surface area contributed by atoms with E-state index in [1.165, 1.54) is 28.9 Å². The van der Waals surface area contributed by atoms with Gasteiger partial charge in [0, 0.05) is 24.0 Å². The molecule has 28 heavy (non-hydrogen) atoms. The third kappa shape index (κ3) is 3.06. The fourth-order valence-electron chi connectivity index (χ4n) is 3.36. The monoisotopic (exact) mass is 389 g/mol. The maximum atomic E-state index is 12.8. The summed E-state index contributed by atoms with van der Waals surface area (Å²) in [7, 11) is 0. The van der Waals surface area contributed by atoms with Crippen molar-refractivity contribution >= 4 is 11.7 Å². The van der Waals surface area contributed by atoms with Crippen LogP contribution in [0.15, 0.2) is 41.2 Å². The number of nitrogens with zero attached hydrogens (tertiary/aromatic N) is 3. The maximum Gasteiger partial charge on any atom is 0.416 e. The third-order valence-electron chi connectivity index (χ3n) is 4.62. The lowest BCUT2D eigenvalue weighted by molar-refractivity contribution is -0.137.